The van der Waals surface area contributed by atoms with E-state index in [0.717, 1.165) is 30.1 Å². The highest BCUT2D eigenvalue weighted by atomic mass is 79.9. The van der Waals surface area contributed by atoms with Crippen LogP contribution in [0.5, 0.6) is 0 Å². The highest BCUT2D eigenvalue weighted by Gasteiger charge is 2.23. The van der Waals surface area contributed by atoms with Crippen LogP contribution < -0.4 is 0 Å². The summed E-state index contributed by atoms with van der Waals surface area (Å²) in [5.74, 6) is 0. The van der Waals surface area contributed by atoms with Gasteiger partial charge in [0.15, 0.2) is 5.17 Å². The molecule has 1 aliphatic rings. The molecular formula is C18H19BrN2S. The van der Waals surface area contributed by atoms with Crippen LogP contribution in [-0.4, -0.2) is 27.2 Å². The van der Waals surface area contributed by atoms with Crippen molar-refractivity contribution < 1.29 is 0 Å². The first-order valence-corrected chi connectivity index (χ1v) is 9.45. The van der Waals surface area contributed by atoms with Gasteiger partial charge >= 0.3 is 0 Å². The van der Waals surface area contributed by atoms with Gasteiger partial charge in [-0.2, -0.15) is 0 Å². The number of rotatable bonds is 5. The molecule has 0 saturated carbocycles. The Morgan fingerprint density at radius 2 is 1.50 bits per heavy atom. The van der Waals surface area contributed by atoms with E-state index in [1.807, 2.05) is 11.8 Å². The van der Waals surface area contributed by atoms with Gasteiger partial charge in [-0.15, -0.1) is 0 Å². The van der Waals surface area contributed by atoms with Crippen LogP contribution in [0.3, 0.4) is 0 Å². The lowest BCUT2D eigenvalue weighted by atomic mass is 10.2. The molecule has 0 N–H and O–H groups in total. The fourth-order valence-corrected chi connectivity index (χ4v) is 4.00. The Kier molecular flexibility index (Phi) is 5.57. The minimum absolute atomic E-state index is 0.559. The molecule has 2 nitrogen and oxygen atoms in total. The lowest BCUT2D eigenvalue weighted by Crippen LogP contribution is -2.27. The standard InChI is InChI=1S/C18H19BrN2S/c19-11-17-12-20-18(22-17)21(13-15-7-3-1-4-8-15)14-16-9-5-2-6-10-16/h1-10,17H,11-14H2/t17-/m1/s1. The molecule has 22 heavy (non-hydrogen) atoms. The lowest BCUT2D eigenvalue weighted by Gasteiger charge is -2.24. The number of halogens is 1. The highest BCUT2D eigenvalue weighted by Crippen LogP contribution is 2.27. The van der Waals surface area contributed by atoms with Gasteiger partial charge in [0.05, 0.1) is 6.54 Å². The van der Waals surface area contributed by atoms with Crippen molar-refractivity contribution >= 4 is 32.9 Å². The summed E-state index contributed by atoms with van der Waals surface area (Å²) in [6.07, 6.45) is 0. The molecule has 0 unspecified atom stereocenters. The minimum atomic E-state index is 0.559. The Balaban J connectivity index is 1.76. The molecule has 0 aromatic heterocycles. The van der Waals surface area contributed by atoms with Crippen molar-refractivity contribution in [1.82, 2.24) is 4.90 Å². The molecule has 1 aliphatic heterocycles. The average molecular weight is 375 g/mol. The van der Waals surface area contributed by atoms with E-state index >= 15 is 0 Å². The number of aliphatic imine (C=N–C) groups is 1. The maximum atomic E-state index is 4.76. The van der Waals surface area contributed by atoms with Gasteiger partial charge in [0.2, 0.25) is 0 Å². The van der Waals surface area contributed by atoms with Crippen molar-refractivity contribution in [2.75, 3.05) is 11.9 Å². The van der Waals surface area contributed by atoms with Crippen LogP contribution in [0.25, 0.3) is 0 Å². The van der Waals surface area contributed by atoms with Gasteiger partial charge in [0, 0.05) is 23.7 Å². The van der Waals surface area contributed by atoms with Crippen LogP contribution in [0, 0.1) is 0 Å². The third kappa shape index (κ3) is 4.14. The van der Waals surface area contributed by atoms with Gasteiger partial charge in [0.25, 0.3) is 0 Å². The fraction of sp³-hybridized carbons (Fsp3) is 0.278. The Morgan fingerprint density at radius 3 is 1.95 bits per heavy atom. The normalized spacial score (nSPS) is 17.3. The number of alkyl halides is 1. The van der Waals surface area contributed by atoms with E-state index in [-0.39, 0.29) is 0 Å². The molecule has 0 aliphatic carbocycles. The van der Waals surface area contributed by atoms with Gasteiger partial charge < -0.3 is 4.90 Å². The predicted octanol–water partition coefficient (Wildman–Crippen LogP) is 4.56. The predicted molar refractivity (Wildman–Crippen MR) is 99.6 cm³/mol. The molecule has 0 saturated heterocycles. The number of nitrogens with zero attached hydrogens (tertiary/aromatic N) is 2. The van der Waals surface area contributed by atoms with Crippen molar-refractivity contribution in [2.45, 2.75) is 18.3 Å². The largest absolute Gasteiger partial charge is 0.343 e. The molecule has 0 bridgehead atoms. The van der Waals surface area contributed by atoms with Crippen molar-refractivity contribution in [1.29, 1.82) is 0 Å². The maximum absolute atomic E-state index is 4.76. The average Bonchev–Trinajstić information content (AvgIpc) is 3.05. The van der Waals surface area contributed by atoms with Crippen LogP contribution in [0.15, 0.2) is 65.7 Å². The Labute approximate surface area is 144 Å². The van der Waals surface area contributed by atoms with Gasteiger partial charge in [-0.05, 0) is 11.1 Å². The topological polar surface area (TPSA) is 15.6 Å². The maximum Gasteiger partial charge on any atom is 0.160 e. The Bertz CT molecular complexity index is 574. The van der Waals surface area contributed by atoms with Crippen LogP contribution in [0.4, 0.5) is 0 Å². The first kappa shape index (κ1) is 15.6. The number of hydrogen-bond donors (Lipinski definition) is 0. The summed E-state index contributed by atoms with van der Waals surface area (Å²) in [6.45, 7) is 2.71. The second-order valence-electron chi connectivity index (χ2n) is 5.34. The first-order chi connectivity index (χ1) is 10.8. The molecular weight excluding hydrogens is 356 g/mol. The number of benzene rings is 2. The molecule has 4 heteroatoms. The molecule has 0 radical (unpaired) electrons. The zero-order chi connectivity index (χ0) is 15.2. The molecule has 1 atom stereocenters. The molecule has 0 fully saturated rings. The summed E-state index contributed by atoms with van der Waals surface area (Å²) >= 11 is 5.46. The summed E-state index contributed by atoms with van der Waals surface area (Å²) in [7, 11) is 0. The van der Waals surface area contributed by atoms with Crippen molar-refractivity contribution in [3.05, 3.63) is 71.8 Å². The molecule has 2 aromatic rings. The summed E-state index contributed by atoms with van der Waals surface area (Å²) < 4.78 is 0. The number of hydrogen-bond acceptors (Lipinski definition) is 3. The van der Waals surface area contributed by atoms with Crippen LogP contribution in [0.2, 0.25) is 0 Å². The summed E-state index contributed by atoms with van der Waals surface area (Å²) in [5, 5.41) is 2.72. The van der Waals surface area contributed by atoms with Crippen LogP contribution in [0.1, 0.15) is 11.1 Å². The third-order valence-corrected chi connectivity index (χ3v) is 6.03. The fourth-order valence-electron chi connectivity index (χ4n) is 2.46. The van der Waals surface area contributed by atoms with E-state index < -0.39 is 0 Å². The van der Waals surface area contributed by atoms with E-state index in [9.17, 15) is 0 Å². The molecule has 3 rings (SSSR count). The smallest absolute Gasteiger partial charge is 0.160 e. The first-order valence-electron chi connectivity index (χ1n) is 7.45. The molecule has 1 heterocycles. The quantitative estimate of drug-likeness (QED) is 0.713. The van der Waals surface area contributed by atoms with Crippen molar-refractivity contribution in [3.8, 4) is 0 Å². The Morgan fingerprint density at radius 1 is 0.955 bits per heavy atom. The van der Waals surface area contributed by atoms with E-state index in [4.69, 9.17) is 4.99 Å². The number of thioether (sulfide) groups is 1. The van der Waals surface area contributed by atoms with Gasteiger partial charge in [-0.25, -0.2) is 0 Å². The van der Waals surface area contributed by atoms with E-state index in [1.165, 1.54) is 11.1 Å². The van der Waals surface area contributed by atoms with E-state index in [1.54, 1.807) is 0 Å². The molecule has 114 valence electrons. The van der Waals surface area contributed by atoms with Gasteiger partial charge in [-0.1, -0.05) is 88.4 Å². The Hall–Kier alpha value is -1.26. The summed E-state index contributed by atoms with van der Waals surface area (Å²) in [5.41, 5.74) is 2.65. The van der Waals surface area contributed by atoms with Crippen LogP contribution >= 0.6 is 27.7 Å². The monoisotopic (exact) mass is 374 g/mol. The number of amidine groups is 1. The van der Waals surface area contributed by atoms with Crippen LogP contribution in [-0.2, 0) is 13.1 Å². The summed E-state index contributed by atoms with van der Waals surface area (Å²) in [6, 6.07) is 21.2. The minimum Gasteiger partial charge on any atom is -0.343 e. The lowest BCUT2D eigenvalue weighted by molar-refractivity contribution is 0.414. The highest BCUT2D eigenvalue weighted by molar-refractivity contribution is 9.09. The third-order valence-electron chi connectivity index (χ3n) is 3.58. The second-order valence-corrected chi connectivity index (χ2v) is 7.26. The van der Waals surface area contributed by atoms with E-state index in [2.05, 4.69) is 81.5 Å². The van der Waals surface area contributed by atoms with E-state index in [0.29, 0.717) is 5.25 Å². The van der Waals surface area contributed by atoms with Gasteiger partial charge in [0.1, 0.15) is 0 Å². The summed E-state index contributed by atoms with van der Waals surface area (Å²) in [4.78, 5) is 7.14. The zero-order valence-corrected chi connectivity index (χ0v) is 14.8. The SMILES string of the molecule is BrC[C@@H]1CN=C(N(Cc2ccccc2)Cc2ccccc2)S1. The molecule has 2 aromatic carbocycles. The molecule has 0 spiro atoms. The van der Waals surface area contributed by atoms with Crippen molar-refractivity contribution in [3.63, 3.8) is 0 Å². The molecule has 0 amide bonds. The second kappa shape index (κ2) is 7.84. The van der Waals surface area contributed by atoms with Gasteiger partial charge in [-0.3, -0.25) is 4.99 Å². The van der Waals surface area contributed by atoms with Crippen molar-refractivity contribution in [2.24, 2.45) is 4.99 Å². The zero-order valence-electron chi connectivity index (χ0n) is 12.4.